The number of hydrogen-bond donors (Lipinski definition) is 1. The number of nitrogens with zero attached hydrogens (tertiary/aromatic N) is 2. The van der Waals surface area contributed by atoms with Gasteiger partial charge >= 0.3 is 0 Å². The summed E-state index contributed by atoms with van der Waals surface area (Å²) in [6.45, 7) is 0.547. The smallest absolute Gasteiger partial charge is 0.224 e. The minimum Gasteiger partial charge on any atom is -0.493 e. The number of benzene rings is 1. The molecule has 0 aliphatic heterocycles. The molecule has 0 spiro atoms. The van der Waals surface area contributed by atoms with Crippen LogP contribution < -0.4 is 14.8 Å². The molecule has 0 unspecified atom stereocenters. The zero-order chi connectivity index (χ0) is 19.1. The van der Waals surface area contributed by atoms with Crippen molar-refractivity contribution in [1.82, 2.24) is 15.3 Å². The van der Waals surface area contributed by atoms with Gasteiger partial charge in [0.05, 0.1) is 26.3 Å². The lowest BCUT2D eigenvalue weighted by Crippen LogP contribution is -2.27. The third-order valence-electron chi connectivity index (χ3n) is 3.99. The fourth-order valence-electron chi connectivity index (χ4n) is 2.62. The molecule has 3 aromatic rings. The first-order valence-electron chi connectivity index (χ1n) is 8.52. The SMILES string of the molecule is COc1ccc(CC(=O)NCCc2csc(-c3ccncc3)n2)cc1OC. The van der Waals surface area contributed by atoms with E-state index in [9.17, 15) is 4.79 Å². The van der Waals surface area contributed by atoms with Gasteiger partial charge in [-0.25, -0.2) is 4.98 Å². The van der Waals surface area contributed by atoms with Gasteiger partial charge in [-0.15, -0.1) is 11.3 Å². The highest BCUT2D eigenvalue weighted by molar-refractivity contribution is 7.13. The van der Waals surface area contributed by atoms with Crippen molar-refractivity contribution in [1.29, 1.82) is 0 Å². The maximum absolute atomic E-state index is 12.2. The van der Waals surface area contributed by atoms with Crippen LogP contribution >= 0.6 is 11.3 Å². The normalized spacial score (nSPS) is 10.4. The van der Waals surface area contributed by atoms with Crippen molar-refractivity contribution in [2.24, 2.45) is 0 Å². The van der Waals surface area contributed by atoms with Crippen LogP contribution in [-0.2, 0) is 17.6 Å². The fourth-order valence-corrected chi connectivity index (χ4v) is 3.48. The minimum absolute atomic E-state index is 0.0354. The van der Waals surface area contributed by atoms with Crippen LogP contribution in [0.5, 0.6) is 11.5 Å². The van der Waals surface area contributed by atoms with Crippen molar-refractivity contribution in [3.05, 3.63) is 59.4 Å². The van der Waals surface area contributed by atoms with E-state index in [4.69, 9.17) is 9.47 Å². The summed E-state index contributed by atoms with van der Waals surface area (Å²) >= 11 is 1.59. The van der Waals surface area contributed by atoms with Crippen molar-refractivity contribution in [3.8, 4) is 22.1 Å². The van der Waals surface area contributed by atoms with Gasteiger partial charge in [0.1, 0.15) is 5.01 Å². The molecular weight excluding hydrogens is 362 g/mol. The zero-order valence-electron chi connectivity index (χ0n) is 15.3. The second-order valence-electron chi connectivity index (χ2n) is 5.85. The Morgan fingerprint density at radius 1 is 1.11 bits per heavy atom. The highest BCUT2D eigenvalue weighted by Crippen LogP contribution is 2.27. The standard InChI is InChI=1S/C20H21N3O3S/c1-25-17-4-3-14(11-18(17)26-2)12-19(24)22-10-7-16-13-27-20(23-16)15-5-8-21-9-6-15/h3-6,8-9,11,13H,7,10,12H2,1-2H3,(H,22,24). The summed E-state index contributed by atoms with van der Waals surface area (Å²) in [5.41, 5.74) is 2.90. The lowest BCUT2D eigenvalue weighted by molar-refractivity contribution is -0.120. The first-order chi connectivity index (χ1) is 13.2. The summed E-state index contributed by atoms with van der Waals surface area (Å²) in [5, 5.41) is 5.92. The Kier molecular flexibility index (Phi) is 6.38. The Balaban J connectivity index is 1.49. The van der Waals surface area contributed by atoms with E-state index in [1.54, 1.807) is 44.0 Å². The summed E-state index contributed by atoms with van der Waals surface area (Å²) in [6.07, 6.45) is 4.49. The van der Waals surface area contributed by atoms with Gasteiger partial charge in [0, 0.05) is 36.3 Å². The molecule has 1 amide bonds. The van der Waals surface area contributed by atoms with E-state index in [1.807, 2.05) is 29.6 Å². The van der Waals surface area contributed by atoms with Gasteiger partial charge < -0.3 is 14.8 Å². The van der Waals surface area contributed by atoms with Crippen LogP contribution in [0.15, 0.2) is 48.1 Å². The first kappa shape index (κ1) is 18.8. The quantitative estimate of drug-likeness (QED) is 0.647. The van der Waals surface area contributed by atoms with Crippen molar-refractivity contribution >= 4 is 17.2 Å². The Morgan fingerprint density at radius 3 is 2.63 bits per heavy atom. The maximum atomic E-state index is 12.2. The fraction of sp³-hybridized carbons (Fsp3) is 0.250. The van der Waals surface area contributed by atoms with E-state index in [0.717, 1.165) is 21.8 Å². The summed E-state index contributed by atoms with van der Waals surface area (Å²) in [6, 6.07) is 9.36. The molecule has 0 saturated heterocycles. The average Bonchev–Trinajstić information content (AvgIpc) is 3.17. The maximum Gasteiger partial charge on any atom is 0.224 e. The molecule has 0 saturated carbocycles. The molecule has 1 aromatic carbocycles. The molecule has 0 atom stereocenters. The topological polar surface area (TPSA) is 73.3 Å². The first-order valence-corrected chi connectivity index (χ1v) is 9.40. The van der Waals surface area contributed by atoms with Gasteiger partial charge in [0.15, 0.2) is 11.5 Å². The molecule has 7 heteroatoms. The molecule has 3 rings (SSSR count). The average molecular weight is 383 g/mol. The molecule has 2 heterocycles. The van der Waals surface area contributed by atoms with Gasteiger partial charge in [0.2, 0.25) is 5.91 Å². The van der Waals surface area contributed by atoms with Crippen LogP contribution in [0, 0.1) is 0 Å². The number of methoxy groups -OCH3 is 2. The second kappa shape index (κ2) is 9.14. The third kappa shape index (κ3) is 5.04. The minimum atomic E-state index is -0.0354. The van der Waals surface area contributed by atoms with Crippen LogP contribution in [-0.4, -0.2) is 36.6 Å². The molecule has 2 aromatic heterocycles. The molecule has 0 aliphatic carbocycles. The van der Waals surface area contributed by atoms with E-state index in [0.29, 0.717) is 30.9 Å². The molecule has 6 nitrogen and oxygen atoms in total. The van der Waals surface area contributed by atoms with Crippen LogP contribution in [0.3, 0.4) is 0 Å². The largest absolute Gasteiger partial charge is 0.493 e. The van der Waals surface area contributed by atoms with Gasteiger partial charge in [-0.1, -0.05) is 6.07 Å². The summed E-state index contributed by atoms with van der Waals surface area (Å²) in [7, 11) is 3.17. The van der Waals surface area contributed by atoms with Crippen LogP contribution in [0.4, 0.5) is 0 Å². The van der Waals surface area contributed by atoms with Crippen LogP contribution in [0.2, 0.25) is 0 Å². The molecule has 27 heavy (non-hydrogen) atoms. The van der Waals surface area contributed by atoms with Crippen molar-refractivity contribution in [3.63, 3.8) is 0 Å². The number of ether oxygens (including phenoxy) is 2. The molecule has 0 bridgehead atoms. The zero-order valence-corrected chi connectivity index (χ0v) is 16.1. The number of nitrogens with one attached hydrogen (secondary N) is 1. The van der Waals surface area contributed by atoms with Crippen molar-refractivity contribution in [2.45, 2.75) is 12.8 Å². The molecular formula is C20H21N3O3S. The van der Waals surface area contributed by atoms with Crippen LogP contribution in [0.1, 0.15) is 11.3 Å². The molecule has 140 valence electrons. The predicted molar refractivity (Wildman–Crippen MR) is 105 cm³/mol. The van der Waals surface area contributed by atoms with E-state index >= 15 is 0 Å². The predicted octanol–water partition coefficient (Wildman–Crippen LogP) is 3.12. The van der Waals surface area contributed by atoms with Gasteiger partial charge in [-0.2, -0.15) is 0 Å². The van der Waals surface area contributed by atoms with Crippen LogP contribution in [0.25, 0.3) is 10.6 Å². The molecule has 0 fully saturated rings. The number of aromatic nitrogens is 2. The number of carbonyl (C=O) groups excluding carboxylic acids is 1. The number of rotatable bonds is 8. The van der Waals surface area contributed by atoms with Gasteiger partial charge in [0.25, 0.3) is 0 Å². The number of pyridine rings is 1. The van der Waals surface area contributed by atoms with Gasteiger partial charge in [-0.3, -0.25) is 9.78 Å². The van der Waals surface area contributed by atoms with E-state index in [2.05, 4.69) is 15.3 Å². The Labute approximate surface area is 162 Å². The van der Waals surface area contributed by atoms with E-state index in [-0.39, 0.29) is 5.91 Å². The third-order valence-corrected chi connectivity index (χ3v) is 4.94. The lowest BCUT2D eigenvalue weighted by atomic mass is 10.1. The van der Waals surface area contributed by atoms with Gasteiger partial charge in [-0.05, 0) is 29.8 Å². The number of amides is 1. The molecule has 0 aliphatic rings. The number of hydrogen-bond acceptors (Lipinski definition) is 6. The number of thiazole rings is 1. The molecule has 0 radical (unpaired) electrons. The number of carbonyl (C=O) groups is 1. The Morgan fingerprint density at radius 2 is 1.89 bits per heavy atom. The highest BCUT2D eigenvalue weighted by Gasteiger charge is 2.09. The lowest BCUT2D eigenvalue weighted by Gasteiger charge is -2.09. The molecule has 1 N–H and O–H groups in total. The van der Waals surface area contributed by atoms with Crippen molar-refractivity contribution < 1.29 is 14.3 Å². The summed E-state index contributed by atoms with van der Waals surface area (Å²) in [4.78, 5) is 20.8. The second-order valence-corrected chi connectivity index (χ2v) is 6.70. The monoisotopic (exact) mass is 383 g/mol. The Bertz CT molecular complexity index is 896. The van der Waals surface area contributed by atoms with Crippen molar-refractivity contribution in [2.75, 3.05) is 20.8 Å². The summed E-state index contributed by atoms with van der Waals surface area (Å²) < 4.78 is 10.5. The van der Waals surface area contributed by atoms with E-state index in [1.165, 1.54) is 0 Å². The summed E-state index contributed by atoms with van der Waals surface area (Å²) in [5.74, 6) is 1.23. The van der Waals surface area contributed by atoms with E-state index < -0.39 is 0 Å². The Hall–Kier alpha value is -2.93. The highest BCUT2D eigenvalue weighted by atomic mass is 32.1.